The van der Waals surface area contributed by atoms with Gasteiger partial charge >= 0.3 is 6.18 Å². The highest BCUT2D eigenvalue weighted by molar-refractivity contribution is 5.93. The number of ether oxygens (including phenoxy) is 1. The molecule has 0 atom stereocenters. The second-order valence-corrected chi connectivity index (χ2v) is 4.72. The zero-order valence-electron chi connectivity index (χ0n) is 12.7. The molecule has 0 bridgehead atoms. The van der Waals surface area contributed by atoms with Gasteiger partial charge in [-0.3, -0.25) is 4.79 Å². The molecule has 23 heavy (non-hydrogen) atoms. The molecule has 0 radical (unpaired) electrons. The zero-order chi connectivity index (χ0) is 17.5. The van der Waals surface area contributed by atoms with Crippen LogP contribution in [0.2, 0.25) is 0 Å². The largest absolute Gasteiger partial charge is 0.491 e. The van der Waals surface area contributed by atoms with Crippen LogP contribution < -0.4 is 5.32 Å². The van der Waals surface area contributed by atoms with Gasteiger partial charge in [0.15, 0.2) is 6.61 Å². The number of rotatable bonds is 6. The molecule has 1 aromatic carbocycles. The van der Waals surface area contributed by atoms with Gasteiger partial charge in [0.05, 0.1) is 11.8 Å². The van der Waals surface area contributed by atoms with Crippen LogP contribution in [0.15, 0.2) is 42.2 Å². The number of carbonyl (C=O) groups excluding carboxylic acids is 1. The number of para-hydroxylation sites is 1. The molecule has 0 aliphatic carbocycles. The third kappa shape index (κ3) is 5.98. The number of anilines is 1. The third-order valence-electron chi connectivity index (χ3n) is 2.89. The summed E-state index contributed by atoms with van der Waals surface area (Å²) in [6, 6.07) is 5.57. The van der Waals surface area contributed by atoms with E-state index in [2.05, 4.69) is 5.32 Å². The number of alkyl halides is 3. The summed E-state index contributed by atoms with van der Waals surface area (Å²) in [7, 11) is 0. The minimum Gasteiger partial charge on any atom is -0.491 e. The Morgan fingerprint density at radius 2 is 1.91 bits per heavy atom. The lowest BCUT2D eigenvalue weighted by Gasteiger charge is -2.11. The molecular weight excluding hydrogens is 309 g/mol. The Bertz CT molecular complexity index is 614. The maximum absolute atomic E-state index is 12.3. The van der Waals surface area contributed by atoms with Crippen LogP contribution in [-0.2, 0) is 9.53 Å². The van der Waals surface area contributed by atoms with E-state index in [0.29, 0.717) is 11.8 Å². The number of nitrogens with one attached hydrogen (secondary N) is 2. The highest BCUT2D eigenvalue weighted by Crippen LogP contribution is 2.23. The van der Waals surface area contributed by atoms with Crippen molar-refractivity contribution in [2.24, 2.45) is 0 Å². The summed E-state index contributed by atoms with van der Waals surface area (Å²) in [5.74, 6) is -0.417. The van der Waals surface area contributed by atoms with Crippen molar-refractivity contribution in [2.45, 2.75) is 20.0 Å². The molecular formula is C16H17F3N2O2. The van der Waals surface area contributed by atoms with E-state index < -0.39 is 17.7 Å². The molecule has 7 heteroatoms. The van der Waals surface area contributed by atoms with Gasteiger partial charge in [-0.2, -0.15) is 13.2 Å². The zero-order valence-corrected chi connectivity index (χ0v) is 12.7. The molecule has 0 saturated heterocycles. The molecule has 1 rings (SSSR count). The second-order valence-electron chi connectivity index (χ2n) is 4.72. The number of amides is 1. The summed E-state index contributed by atoms with van der Waals surface area (Å²) in [5, 5.41) is 9.36. The number of allylic oxidation sites excluding steroid dienone is 3. The maximum atomic E-state index is 12.3. The molecule has 1 aromatic rings. The molecule has 2 N–H and O–H groups in total. The normalized spacial score (nSPS) is 12.3. The summed E-state index contributed by atoms with van der Waals surface area (Å²) in [6.45, 7) is 3.37. The lowest BCUT2D eigenvalue weighted by Crippen LogP contribution is -2.18. The quantitative estimate of drug-likeness (QED) is 0.473. The summed E-state index contributed by atoms with van der Waals surface area (Å²) in [4.78, 5) is 11.7. The standard InChI is InChI=1S/C16H17F3N2O2/c1-11-5-3-6-12(2)15(11)21-14(22)10-23-8-4-7-13(9-20)16(17,18)19/h3-9,20H,10H2,1-2H3,(H,21,22)/b8-4-,13-7+,20-9?. The Hall–Kier alpha value is -2.57. The van der Waals surface area contributed by atoms with Crippen LogP contribution in [-0.4, -0.2) is 24.9 Å². The molecule has 124 valence electrons. The first-order valence-corrected chi connectivity index (χ1v) is 6.68. The molecule has 0 spiro atoms. The molecule has 0 heterocycles. The van der Waals surface area contributed by atoms with Crippen LogP contribution in [0.1, 0.15) is 11.1 Å². The van der Waals surface area contributed by atoms with Crippen LogP contribution >= 0.6 is 0 Å². The number of carbonyl (C=O) groups is 1. The van der Waals surface area contributed by atoms with Crippen molar-refractivity contribution in [3.05, 3.63) is 53.3 Å². The molecule has 0 unspecified atom stereocenters. The first-order valence-electron chi connectivity index (χ1n) is 6.68. The Labute approximate surface area is 132 Å². The Morgan fingerprint density at radius 3 is 2.43 bits per heavy atom. The second kappa shape index (κ2) is 8.17. The van der Waals surface area contributed by atoms with E-state index >= 15 is 0 Å². The van der Waals surface area contributed by atoms with E-state index in [9.17, 15) is 18.0 Å². The van der Waals surface area contributed by atoms with Crippen molar-refractivity contribution in [3.63, 3.8) is 0 Å². The van der Waals surface area contributed by atoms with Gasteiger partial charge < -0.3 is 15.5 Å². The van der Waals surface area contributed by atoms with Crippen LogP contribution in [0, 0.1) is 19.3 Å². The highest BCUT2D eigenvalue weighted by atomic mass is 19.4. The minimum absolute atomic E-state index is 0.206. The maximum Gasteiger partial charge on any atom is 0.417 e. The number of benzene rings is 1. The number of hydrogen-bond donors (Lipinski definition) is 2. The van der Waals surface area contributed by atoms with Gasteiger partial charge in [0.25, 0.3) is 5.91 Å². The van der Waals surface area contributed by atoms with Crippen LogP contribution in [0.25, 0.3) is 0 Å². The van der Waals surface area contributed by atoms with Gasteiger partial charge in [0.2, 0.25) is 0 Å². The van der Waals surface area contributed by atoms with E-state index in [1.807, 2.05) is 32.0 Å². The average molecular weight is 326 g/mol. The third-order valence-corrected chi connectivity index (χ3v) is 2.89. The smallest absolute Gasteiger partial charge is 0.417 e. The van der Waals surface area contributed by atoms with Gasteiger partial charge in [-0.05, 0) is 37.1 Å². The monoisotopic (exact) mass is 326 g/mol. The molecule has 0 aromatic heterocycles. The molecule has 0 fully saturated rings. The number of halogens is 3. The molecule has 0 aliphatic heterocycles. The fourth-order valence-corrected chi connectivity index (χ4v) is 1.73. The predicted octanol–water partition coefficient (Wildman–Crippen LogP) is 3.91. The van der Waals surface area contributed by atoms with Crippen molar-refractivity contribution in [3.8, 4) is 0 Å². The predicted molar refractivity (Wildman–Crippen MR) is 82.6 cm³/mol. The Kier molecular flexibility index (Phi) is 6.56. The topological polar surface area (TPSA) is 62.2 Å². The van der Waals surface area contributed by atoms with E-state index in [4.69, 9.17) is 10.1 Å². The fourth-order valence-electron chi connectivity index (χ4n) is 1.73. The first-order chi connectivity index (χ1) is 10.8. The summed E-state index contributed by atoms with van der Waals surface area (Å²) < 4.78 is 41.8. The van der Waals surface area contributed by atoms with Crippen molar-refractivity contribution < 1.29 is 22.7 Å². The van der Waals surface area contributed by atoms with Gasteiger partial charge in [0, 0.05) is 11.9 Å². The number of aryl methyl sites for hydroxylation is 2. The Morgan fingerprint density at radius 1 is 1.30 bits per heavy atom. The SMILES string of the molecule is Cc1cccc(C)c1NC(=O)CO/C=C\C=C(/C=N)C(F)(F)F. The molecule has 4 nitrogen and oxygen atoms in total. The van der Waals surface area contributed by atoms with E-state index in [-0.39, 0.29) is 12.8 Å². The van der Waals surface area contributed by atoms with Gasteiger partial charge in [-0.25, -0.2) is 0 Å². The van der Waals surface area contributed by atoms with Crippen LogP contribution in [0.3, 0.4) is 0 Å². The highest BCUT2D eigenvalue weighted by Gasteiger charge is 2.31. The first kappa shape index (κ1) is 18.5. The molecule has 0 aliphatic rings. The van der Waals surface area contributed by atoms with Gasteiger partial charge in [-0.15, -0.1) is 0 Å². The minimum atomic E-state index is -4.59. The van der Waals surface area contributed by atoms with E-state index in [1.54, 1.807) is 0 Å². The van der Waals surface area contributed by atoms with Crippen molar-refractivity contribution >= 4 is 17.8 Å². The summed E-state index contributed by atoms with van der Waals surface area (Å²) in [5.41, 5.74) is 1.38. The van der Waals surface area contributed by atoms with Crippen LogP contribution in [0.4, 0.5) is 18.9 Å². The summed E-state index contributed by atoms with van der Waals surface area (Å²) >= 11 is 0. The van der Waals surface area contributed by atoms with Gasteiger partial charge in [0.1, 0.15) is 0 Å². The average Bonchev–Trinajstić information content (AvgIpc) is 2.45. The van der Waals surface area contributed by atoms with Crippen LogP contribution in [0.5, 0.6) is 0 Å². The Balaban J connectivity index is 2.53. The van der Waals surface area contributed by atoms with E-state index in [1.165, 1.54) is 0 Å². The van der Waals surface area contributed by atoms with Crippen molar-refractivity contribution in [2.75, 3.05) is 11.9 Å². The van der Waals surface area contributed by atoms with Gasteiger partial charge in [-0.1, -0.05) is 18.2 Å². The van der Waals surface area contributed by atoms with Crippen molar-refractivity contribution in [1.82, 2.24) is 0 Å². The number of hydrogen-bond acceptors (Lipinski definition) is 3. The molecule has 1 amide bonds. The lowest BCUT2D eigenvalue weighted by atomic mass is 10.1. The summed E-state index contributed by atoms with van der Waals surface area (Å²) in [6.07, 6.45) is -1.74. The lowest BCUT2D eigenvalue weighted by molar-refractivity contribution is -0.119. The fraction of sp³-hybridized carbons (Fsp3) is 0.250. The van der Waals surface area contributed by atoms with E-state index in [0.717, 1.165) is 23.5 Å². The molecule has 0 saturated carbocycles. The van der Waals surface area contributed by atoms with Crippen molar-refractivity contribution in [1.29, 1.82) is 5.41 Å².